The Balaban J connectivity index is 1.59. The number of nitrogens with one attached hydrogen (secondary N) is 2. The Morgan fingerprint density at radius 3 is 2.52 bits per heavy atom. The largest absolute Gasteiger partial charge is 0.352 e. The summed E-state index contributed by atoms with van der Waals surface area (Å²) in [5.41, 5.74) is -0.767. The van der Waals surface area contributed by atoms with Crippen LogP contribution in [0.2, 0.25) is 0 Å². The predicted octanol–water partition coefficient (Wildman–Crippen LogP) is 2.43. The van der Waals surface area contributed by atoms with Gasteiger partial charge in [0.15, 0.2) is 0 Å². The normalized spacial score (nSPS) is 38.8. The summed E-state index contributed by atoms with van der Waals surface area (Å²) in [6.07, 6.45) is 6.50. The van der Waals surface area contributed by atoms with E-state index in [1.54, 1.807) is 0 Å². The van der Waals surface area contributed by atoms with Gasteiger partial charge in [0.2, 0.25) is 5.91 Å². The van der Waals surface area contributed by atoms with Crippen molar-refractivity contribution in [3.05, 3.63) is 0 Å². The fourth-order valence-electron chi connectivity index (χ4n) is 4.60. The lowest BCUT2D eigenvalue weighted by Crippen LogP contribution is -2.51. The zero-order valence-electron chi connectivity index (χ0n) is 15.6. The van der Waals surface area contributed by atoms with E-state index in [4.69, 9.17) is 0 Å². The van der Waals surface area contributed by atoms with Crippen molar-refractivity contribution in [2.24, 2.45) is 17.8 Å². The number of hydrogen-bond donors (Lipinski definition) is 2. The summed E-state index contributed by atoms with van der Waals surface area (Å²) in [5.74, 6) is 1.15. The van der Waals surface area contributed by atoms with Crippen LogP contribution in [0.25, 0.3) is 0 Å². The molecule has 0 radical (unpaired) electrons. The van der Waals surface area contributed by atoms with Crippen molar-refractivity contribution in [1.82, 2.24) is 15.5 Å². The number of hydrogen-bond acceptors (Lipinski definition) is 3. The van der Waals surface area contributed by atoms with E-state index in [0.29, 0.717) is 30.6 Å². The van der Waals surface area contributed by atoms with Crippen LogP contribution in [0.5, 0.6) is 0 Å². The summed E-state index contributed by atoms with van der Waals surface area (Å²) in [7, 11) is 0. The van der Waals surface area contributed by atoms with Crippen molar-refractivity contribution in [3.8, 4) is 0 Å². The molecule has 1 saturated heterocycles. The van der Waals surface area contributed by atoms with Crippen LogP contribution < -0.4 is 10.6 Å². The van der Waals surface area contributed by atoms with E-state index in [0.717, 1.165) is 30.6 Å². The van der Waals surface area contributed by atoms with E-state index in [1.165, 1.54) is 6.42 Å². The van der Waals surface area contributed by atoms with Crippen LogP contribution in [0, 0.1) is 17.8 Å². The van der Waals surface area contributed by atoms with Crippen LogP contribution in [0.15, 0.2) is 0 Å². The van der Waals surface area contributed by atoms with E-state index >= 15 is 0 Å². The summed E-state index contributed by atoms with van der Waals surface area (Å²) in [4.78, 5) is 38.7. The molecule has 3 aliphatic rings. The van der Waals surface area contributed by atoms with Crippen molar-refractivity contribution < 1.29 is 14.4 Å². The summed E-state index contributed by atoms with van der Waals surface area (Å²) < 4.78 is 0. The van der Waals surface area contributed by atoms with E-state index in [2.05, 4.69) is 31.4 Å². The van der Waals surface area contributed by atoms with Gasteiger partial charge in [-0.3, -0.25) is 14.5 Å². The van der Waals surface area contributed by atoms with Crippen LogP contribution in [0.3, 0.4) is 0 Å². The fourth-order valence-corrected chi connectivity index (χ4v) is 4.60. The van der Waals surface area contributed by atoms with Gasteiger partial charge in [-0.1, -0.05) is 33.6 Å². The highest BCUT2D eigenvalue weighted by atomic mass is 16.2. The highest BCUT2D eigenvalue weighted by Gasteiger charge is 2.52. The van der Waals surface area contributed by atoms with Crippen molar-refractivity contribution in [2.75, 3.05) is 6.54 Å². The molecule has 1 spiro atoms. The molecule has 0 aromatic heterocycles. The van der Waals surface area contributed by atoms with Gasteiger partial charge in [0.05, 0.1) is 0 Å². The molecule has 1 heterocycles. The lowest BCUT2D eigenvalue weighted by Gasteiger charge is -2.35. The quantitative estimate of drug-likeness (QED) is 0.768. The number of carbonyl (C=O) groups is 3. The number of imide groups is 1. The van der Waals surface area contributed by atoms with Gasteiger partial charge in [-0.25, -0.2) is 4.79 Å². The molecule has 2 saturated carbocycles. The molecule has 25 heavy (non-hydrogen) atoms. The molecule has 0 unspecified atom stereocenters. The Morgan fingerprint density at radius 2 is 1.84 bits per heavy atom. The average molecular weight is 349 g/mol. The number of nitrogens with zero attached hydrogens (tertiary/aromatic N) is 1. The zero-order valence-corrected chi connectivity index (χ0v) is 15.6. The van der Waals surface area contributed by atoms with Gasteiger partial charge in [0.1, 0.15) is 12.1 Å². The minimum Gasteiger partial charge on any atom is -0.352 e. The Morgan fingerprint density at radius 1 is 1.16 bits per heavy atom. The van der Waals surface area contributed by atoms with Crippen molar-refractivity contribution in [2.45, 2.75) is 77.3 Å². The SMILES string of the molecule is CC1CCC2(CC1)NC(=O)N(CC(=O)N[C@@H]1CCC[C@H](C)[C@@H]1C)C2=O. The zero-order chi connectivity index (χ0) is 18.2. The number of rotatable bonds is 3. The lowest BCUT2D eigenvalue weighted by molar-refractivity contribution is -0.136. The number of urea groups is 1. The van der Waals surface area contributed by atoms with Gasteiger partial charge in [-0.15, -0.1) is 0 Å². The first-order valence-corrected chi connectivity index (χ1v) is 9.76. The monoisotopic (exact) mass is 349 g/mol. The third-order valence-electron chi connectivity index (χ3n) is 6.73. The first-order chi connectivity index (χ1) is 11.8. The van der Waals surface area contributed by atoms with Gasteiger partial charge < -0.3 is 10.6 Å². The molecule has 3 atom stereocenters. The minimum absolute atomic E-state index is 0.140. The van der Waals surface area contributed by atoms with Crippen LogP contribution in [-0.2, 0) is 9.59 Å². The molecule has 4 amide bonds. The van der Waals surface area contributed by atoms with Crippen molar-refractivity contribution >= 4 is 17.8 Å². The maximum atomic E-state index is 12.8. The molecule has 3 fully saturated rings. The molecule has 1 aliphatic heterocycles. The molecule has 6 heteroatoms. The molecule has 2 N–H and O–H groups in total. The molecule has 6 nitrogen and oxygen atoms in total. The summed E-state index contributed by atoms with van der Waals surface area (Å²) in [5, 5.41) is 5.92. The molecule has 0 aromatic carbocycles. The smallest absolute Gasteiger partial charge is 0.325 e. The van der Waals surface area contributed by atoms with E-state index < -0.39 is 11.6 Å². The Kier molecular flexibility index (Phi) is 5.07. The minimum atomic E-state index is -0.767. The highest BCUT2D eigenvalue weighted by Crippen LogP contribution is 2.36. The third kappa shape index (κ3) is 3.53. The van der Waals surface area contributed by atoms with Crippen LogP contribution >= 0.6 is 0 Å². The predicted molar refractivity (Wildman–Crippen MR) is 94.7 cm³/mol. The van der Waals surface area contributed by atoms with Crippen molar-refractivity contribution in [3.63, 3.8) is 0 Å². The van der Waals surface area contributed by atoms with Gasteiger partial charge >= 0.3 is 6.03 Å². The second kappa shape index (κ2) is 6.96. The van der Waals surface area contributed by atoms with Gasteiger partial charge in [-0.2, -0.15) is 0 Å². The standard InChI is InChI=1S/C19H31N3O3/c1-12-7-9-19(10-8-12)17(24)22(18(25)21-19)11-16(23)20-15-6-4-5-13(2)14(15)3/h12-15H,4-11H2,1-3H3,(H,20,23)(H,21,25)/t12?,13-,14-,15+,19?/m0/s1. The first-order valence-electron chi connectivity index (χ1n) is 9.76. The van der Waals surface area contributed by atoms with Crippen LogP contribution in [0.4, 0.5) is 4.79 Å². The molecular weight excluding hydrogens is 318 g/mol. The number of carbonyl (C=O) groups excluding carboxylic acids is 3. The average Bonchev–Trinajstić information content (AvgIpc) is 2.79. The molecule has 3 rings (SSSR count). The van der Waals surface area contributed by atoms with E-state index in [-0.39, 0.29) is 24.4 Å². The summed E-state index contributed by atoms with van der Waals surface area (Å²) in [6, 6.07) is -0.277. The second-order valence-corrected chi connectivity index (χ2v) is 8.53. The summed E-state index contributed by atoms with van der Waals surface area (Å²) in [6.45, 7) is 6.39. The van der Waals surface area contributed by atoms with E-state index in [1.807, 2.05) is 0 Å². The first kappa shape index (κ1) is 18.2. The van der Waals surface area contributed by atoms with Crippen LogP contribution in [-0.4, -0.2) is 40.9 Å². The van der Waals surface area contributed by atoms with E-state index in [9.17, 15) is 14.4 Å². The second-order valence-electron chi connectivity index (χ2n) is 8.53. The Bertz CT molecular complexity index is 554. The lowest BCUT2D eigenvalue weighted by atomic mass is 9.77. The Hall–Kier alpha value is -1.59. The summed E-state index contributed by atoms with van der Waals surface area (Å²) >= 11 is 0. The molecular formula is C19H31N3O3. The maximum absolute atomic E-state index is 12.8. The topological polar surface area (TPSA) is 78.5 Å². The molecule has 140 valence electrons. The van der Waals surface area contributed by atoms with Gasteiger partial charge in [0.25, 0.3) is 5.91 Å². The van der Waals surface area contributed by atoms with Crippen molar-refractivity contribution in [1.29, 1.82) is 0 Å². The number of amides is 4. The fraction of sp³-hybridized carbons (Fsp3) is 0.842. The third-order valence-corrected chi connectivity index (χ3v) is 6.73. The molecule has 2 aliphatic carbocycles. The maximum Gasteiger partial charge on any atom is 0.325 e. The van der Waals surface area contributed by atoms with Gasteiger partial charge in [-0.05, 0) is 49.9 Å². The molecule has 0 bridgehead atoms. The highest BCUT2D eigenvalue weighted by molar-refractivity contribution is 6.09. The van der Waals surface area contributed by atoms with Crippen LogP contribution in [0.1, 0.15) is 65.7 Å². The van der Waals surface area contributed by atoms with Gasteiger partial charge in [0, 0.05) is 6.04 Å². The molecule has 0 aromatic rings. The Labute approximate surface area is 150 Å².